The molecule has 1 heterocycles. The highest BCUT2D eigenvalue weighted by molar-refractivity contribution is 7.99. The summed E-state index contributed by atoms with van der Waals surface area (Å²) < 4.78 is 2.22. The lowest BCUT2D eigenvalue weighted by Crippen LogP contribution is -2.19. The molecule has 3 rings (SSSR count). The summed E-state index contributed by atoms with van der Waals surface area (Å²) in [4.78, 5) is 12.0. The number of hydrazone groups is 1. The SMILES string of the molecule is Cc1cc(C)cc(-n2c(C)cc(/C=N\NC(=O)CSCc3ccccc3)c2C)c1. The molecule has 4 nitrogen and oxygen atoms in total. The molecule has 0 unspecified atom stereocenters. The Bertz CT molecular complexity index is 1000. The molecule has 0 aliphatic heterocycles. The molecule has 0 radical (unpaired) electrons. The number of nitrogens with zero attached hydrogens (tertiary/aromatic N) is 2. The van der Waals surface area contributed by atoms with Gasteiger partial charge in [0.05, 0.1) is 12.0 Å². The molecule has 2 aromatic carbocycles. The standard InChI is InChI=1S/C24H27N3OS/c1-17-10-18(2)12-23(11-17)27-19(3)13-22(20(27)4)14-25-26-24(28)16-29-15-21-8-6-5-7-9-21/h5-14H,15-16H2,1-4H3,(H,26,28)/b25-14-. The van der Waals surface area contributed by atoms with Gasteiger partial charge in [-0.15, -0.1) is 11.8 Å². The summed E-state index contributed by atoms with van der Waals surface area (Å²) in [5.74, 6) is 1.10. The van der Waals surface area contributed by atoms with E-state index < -0.39 is 0 Å². The van der Waals surface area contributed by atoms with Crippen LogP contribution in [0, 0.1) is 27.7 Å². The fourth-order valence-corrected chi connectivity index (χ4v) is 4.22. The molecule has 0 aliphatic carbocycles. The molecule has 3 aromatic rings. The van der Waals surface area contributed by atoms with E-state index in [0.717, 1.165) is 28.4 Å². The van der Waals surface area contributed by atoms with Gasteiger partial charge in [0.1, 0.15) is 0 Å². The van der Waals surface area contributed by atoms with Crippen molar-refractivity contribution in [3.8, 4) is 5.69 Å². The first kappa shape index (κ1) is 20.9. The highest BCUT2D eigenvalue weighted by Crippen LogP contribution is 2.22. The lowest BCUT2D eigenvalue weighted by atomic mass is 10.1. The van der Waals surface area contributed by atoms with Crippen LogP contribution < -0.4 is 5.43 Å². The van der Waals surface area contributed by atoms with Crippen LogP contribution in [-0.2, 0) is 10.5 Å². The maximum Gasteiger partial charge on any atom is 0.250 e. The van der Waals surface area contributed by atoms with Gasteiger partial charge in [-0.1, -0.05) is 36.4 Å². The van der Waals surface area contributed by atoms with E-state index >= 15 is 0 Å². The average Bonchev–Trinajstić information content (AvgIpc) is 2.95. The Balaban J connectivity index is 1.60. The van der Waals surface area contributed by atoms with Gasteiger partial charge in [-0.05, 0) is 62.6 Å². The summed E-state index contributed by atoms with van der Waals surface area (Å²) in [5, 5.41) is 4.16. The van der Waals surface area contributed by atoms with Crippen molar-refractivity contribution in [3.63, 3.8) is 0 Å². The molecule has 5 heteroatoms. The van der Waals surface area contributed by atoms with Crippen molar-refractivity contribution in [1.82, 2.24) is 9.99 Å². The van der Waals surface area contributed by atoms with Gasteiger partial charge in [0.2, 0.25) is 5.91 Å². The van der Waals surface area contributed by atoms with Crippen molar-refractivity contribution in [2.75, 3.05) is 5.75 Å². The summed E-state index contributed by atoms with van der Waals surface area (Å²) >= 11 is 1.58. The second-order valence-corrected chi connectivity index (χ2v) is 8.26. The van der Waals surface area contributed by atoms with Crippen molar-refractivity contribution in [2.24, 2.45) is 5.10 Å². The van der Waals surface area contributed by atoms with E-state index in [4.69, 9.17) is 0 Å². The molecule has 150 valence electrons. The maximum atomic E-state index is 12.0. The van der Waals surface area contributed by atoms with Gasteiger partial charge in [-0.25, -0.2) is 5.43 Å². The molecule has 0 spiro atoms. The highest BCUT2D eigenvalue weighted by atomic mass is 32.2. The van der Waals surface area contributed by atoms with Crippen LogP contribution >= 0.6 is 11.8 Å². The summed E-state index contributed by atoms with van der Waals surface area (Å²) in [6, 6.07) is 18.8. The van der Waals surface area contributed by atoms with Crippen molar-refractivity contribution in [3.05, 3.63) is 88.2 Å². The Labute approximate surface area is 177 Å². The number of hydrogen-bond acceptors (Lipinski definition) is 3. The molecular weight excluding hydrogens is 378 g/mol. The van der Waals surface area contributed by atoms with Crippen molar-refractivity contribution >= 4 is 23.9 Å². The number of thioether (sulfide) groups is 1. The smallest absolute Gasteiger partial charge is 0.250 e. The molecule has 0 fully saturated rings. The number of nitrogens with one attached hydrogen (secondary N) is 1. The van der Waals surface area contributed by atoms with Gasteiger partial charge in [-0.2, -0.15) is 5.10 Å². The number of carbonyl (C=O) groups excluding carboxylic acids is 1. The third-order valence-corrected chi connectivity index (χ3v) is 5.68. The van der Waals surface area contributed by atoms with Crippen LogP contribution in [0.2, 0.25) is 0 Å². The zero-order valence-corrected chi connectivity index (χ0v) is 18.2. The molecule has 1 N–H and O–H groups in total. The normalized spacial score (nSPS) is 11.2. The first-order valence-corrected chi connectivity index (χ1v) is 10.8. The largest absolute Gasteiger partial charge is 0.318 e. The van der Waals surface area contributed by atoms with E-state index in [1.807, 2.05) is 18.2 Å². The fourth-order valence-electron chi connectivity index (χ4n) is 3.44. The zero-order chi connectivity index (χ0) is 20.8. The predicted octanol–water partition coefficient (Wildman–Crippen LogP) is 5.09. The van der Waals surface area contributed by atoms with Crippen LogP contribution in [-0.4, -0.2) is 22.4 Å². The van der Waals surface area contributed by atoms with Gasteiger partial charge < -0.3 is 4.57 Å². The number of rotatable bonds is 7. The minimum atomic E-state index is -0.0923. The molecule has 0 bridgehead atoms. The molecule has 0 atom stereocenters. The van der Waals surface area contributed by atoms with Crippen molar-refractivity contribution in [2.45, 2.75) is 33.4 Å². The summed E-state index contributed by atoms with van der Waals surface area (Å²) in [7, 11) is 0. The Kier molecular flexibility index (Phi) is 6.94. The van der Waals surface area contributed by atoms with Crippen molar-refractivity contribution < 1.29 is 4.79 Å². The number of amides is 1. The second-order valence-electron chi connectivity index (χ2n) is 7.28. The number of benzene rings is 2. The van der Waals surface area contributed by atoms with Crippen molar-refractivity contribution in [1.29, 1.82) is 0 Å². The molecular formula is C24H27N3OS. The van der Waals surface area contributed by atoms with Crippen LogP contribution in [0.4, 0.5) is 0 Å². The monoisotopic (exact) mass is 405 g/mol. The topological polar surface area (TPSA) is 46.4 Å². The van der Waals surface area contributed by atoms with Crippen LogP contribution in [0.15, 0.2) is 59.7 Å². The highest BCUT2D eigenvalue weighted by Gasteiger charge is 2.10. The minimum Gasteiger partial charge on any atom is -0.318 e. The fraction of sp³-hybridized carbons (Fsp3) is 0.250. The van der Waals surface area contributed by atoms with E-state index in [2.05, 4.69) is 79.2 Å². The Morgan fingerprint density at radius 1 is 1.03 bits per heavy atom. The Morgan fingerprint density at radius 3 is 2.41 bits per heavy atom. The lowest BCUT2D eigenvalue weighted by Gasteiger charge is -2.11. The van der Waals surface area contributed by atoms with E-state index in [1.54, 1.807) is 18.0 Å². The summed E-state index contributed by atoms with van der Waals surface area (Å²) in [6.45, 7) is 8.38. The lowest BCUT2D eigenvalue weighted by molar-refractivity contribution is -0.118. The third-order valence-electron chi connectivity index (χ3n) is 4.67. The van der Waals surface area contributed by atoms with Gasteiger partial charge in [-0.3, -0.25) is 4.79 Å². The third kappa shape index (κ3) is 5.61. The Hall–Kier alpha value is -2.79. The van der Waals surface area contributed by atoms with Gasteiger partial charge >= 0.3 is 0 Å². The first-order valence-electron chi connectivity index (χ1n) is 9.65. The zero-order valence-electron chi connectivity index (χ0n) is 17.4. The summed E-state index contributed by atoms with van der Waals surface area (Å²) in [5.41, 5.74) is 10.7. The second kappa shape index (κ2) is 9.61. The van der Waals surface area contributed by atoms with E-state index in [9.17, 15) is 4.79 Å². The molecule has 0 saturated heterocycles. The number of aryl methyl sites for hydroxylation is 3. The van der Waals surface area contributed by atoms with Crippen LogP contribution in [0.5, 0.6) is 0 Å². The van der Waals surface area contributed by atoms with E-state index in [0.29, 0.717) is 5.75 Å². The maximum absolute atomic E-state index is 12.0. The predicted molar refractivity (Wildman–Crippen MR) is 123 cm³/mol. The Morgan fingerprint density at radius 2 is 1.72 bits per heavy atom. The molecule has 0 aliphatic rings. The first-order chi connectivity index (χ1) is 13.9. The number of aromatic nitrogens is 1. The molecule has 0 saturated carbocycles. The van der Waals surface area contributed by atoms with Gasteiger partial charge in [0.25, 0.3) is 0 Å². The number of carbonyl (C=O) groups is 1. The van der Waals surface area contributed by atoms with E-state index in [1.165, 1.54) is 16.7 Å². The quantitative estimate of drug-likeness (QED) is 0.439. The van der Waals surface area contributed by atoms with Gasteiger partial charge in [0.15, 0.2) is 0 Å². The molecule has 29 heavy (non-hydrogen) atoms. The van der Waals surface area contributed by atoms with Crippen LogP contribution in [0.3, 0.4) is 0 Å². The molecule has 1 amide bonds. The number of hydrogen-bond donors (Lipinski definition) is 1. The summed E-state index contributed by atoms with van der Waals surface area (Å²) in [6.07, 6.45) is 1.72. The molecule has 1 aromatic heterocycles. The van der Waals surface area contributed by atoms with Crippen LogP contribution in [0.25, 0.3) is 5.69 Å². The van der Waals surface area contributed by atoms with E-state index in [-0.39, 0.29) is 5.91 Å². The van der Waals surface area contributed by atoms with Crippen LogP contribution in [0.1, 0.15) is 33.6 Å². The average molecular weight is 406 g/mol. The van der Waals surface area contributed by atoms with Gasteiger partial charge in [0, 0.05) is 28.4 Å². The minimum absolute atomic E-state index is 0.0923.